The van der Waals surface area contributed by atoms with Crippen LogP contribution in [0.5, 0.6) is 0 Å². The zero-order valence-corrected chi connectivity index (χ0v) is 28.9. The Hall–Kier alpha value is -4.85. The van der Waals surface area contributed by atoms with Crippen LogP contribution in [0, 0.1) is 17.8 Å². The second kappa shape index (κ2) is 11.9. The van der Waals surface area contributed by atoms with Crippen LogP contribution in [-0.4, -0.2) is 0 Å². The van der Waals surface area contributed by atoms with Crippen LogP contribution < -0.4 is 4.90 Å². The van der Waals surface area contributed by atoms with Crippen molar-refractivity contribution in [1.29, 1.82) is 0 Å². The van der Waals surface area contributed by atoms with Crippen molar-refractivity contribution in [1.82, 2.24) is 0 Å². The molecule has 1 nitrogen and oxygen atoms in total. The van der Waals surface area contributed by atoms with Crippen LogP contribution in [0.15, 0.2) is 157 Å². The average molecular weight is 654 g/mol. The van der Waals surface area contributed by atoms with Crippen molar-refractivity contribution < 1.29 is 0 Å². The SMILES string of the molecule is CC1=CC2(c3cc(N(c4ccc(-c5ccccc5)cc4)c4ccccc4-c4ccccc4)ccc3-c3c(Cl)cccc32)C2CC(C)CC1C2. The van der Waals surface area contributed by atoms with Crippen LogP contribution in [0.1, 0.15) is 44.2 Å². The van der Waals surface area contributed by atoms with Crippen molar-refractivity contribution in [3.63, 3.8) is 0 Å². The Kier molecular flexibility index (Phi) is 7.36. The van der Waals surface area contributed by atoms with Gasteiger partial charge in [-0.3, -0.25) is 0 Å². The molecule has 0 heterocycles. The molecule has 6 aromatic rings. The highest BCUT2D eigenvalue weighted by Gasteiger charge is 2.52. The molecule has 3 aliphatic carbocycles. The lowest BCUT2D eigenvalue weighted by molar-refractivity contribution is 0.168. The molecule has 1 saturated carbocycles. The topological polar surface area (TPSA) is 3.24 Å². The average Bonchev–Trinajstić information content (AvgIpc) is 3.42. The first-order chi connectivity index (χ1) is 24.0. The van der Waals surface area contributed by atoms with E-state index >= 15 is 0 Å². The molecular weight excluding hydrogens is 614 g/mol. The molecule has 6 aromatic carbocycles. The number of benzene rings is 6. The molecular formula is C47H40ClN. The summed E-state index contributed by atoms with van der Waals surface area (Å²) in [6.07, 6.45) is 6.42. The van der Waals surface area contributed by atoms with E-state index in [-0.39, 0.29) is 5.41 Å². The van der Waals surface area contributed by atoms with Crippen molar-refractivity contribution in [3.8, 4) is 33.4 Å². The van der Waals surface area contributed by atoms with Crippen LogP contribution in [0.3, 0.4) is 0 Å². The summed E-state index contributed by atoms with van der Waals surface area (Å²) in [5, 5.41) is 0.850. The summed E-state index contributed by atoms with van der Waals surface area (Å²) < 4.78 is 0. The van der Waals surface area contributed by atoms with Gasteiger partial charge in [0.15, 0.2) is 0 Å². The minimum Gasteiger partial charge on any atom is -0.310 e. The van der Waals surface area contributed by atoms with Crippen LogP contribution in [-0.2, 0) is 5.41 Å². The first-order valence-corrected chi connectivity index (χ1v) is 18.1. The maximum Gasteiger partial charge on any atom is 0.0540 e. The summed E-state index contributed by atoms with van der Waals surface area (Å²) in [6, 6.07) is 53.0. The fourth-order valence-corrected chi connectivity index (χ4v) is 9.72. The number of allylic oxidation sites excluding steroid dienone is 2. The fraction of sp³-hybridized carbons (Fsp3) is 0.191. The number of hydrogen-bond acceptors (Lipinski definition) is 1. The molecule has 0 amide bonds. The highest BCUT2D eigenvalue weighted by molar-refractivity contribution is 6.34. The highest BCUT2D eigenvalue weighted by atomic mass is 35.5. The Labute approximate surface area is 295 Å². The number of nitrogens with zero attached hydrogens (tertiary/aromatic N) is 1. The zero-order chi connectivity index (χ0) is 33.1. The molecule has 0 aromatic heterocycles. The smallest absolute Gasteiger partial charge is 0.0540 e. The molecule has 0 aliphatic heterocycles. The quantitative estimate of drug-likeness (QED) is 0.167. The standard InChI is InChI=1S/C47H40ClN/c1-31-26-36-28-37(27-31)47(30-32(36)2)42-17-11-18-44(48)46(42)41-25-24-39(29-43(41)47)49(38-22-20-34(21-23-38)33-12-5-3-6-13-33)45-19-10-9-16-40(45)35-14-7-4-8-15-35/h3-25,29-31,36-37H,26-28H2,1-2H3. The van der Waals surface area contributed by atoms with E-state index in [4.69, 9.17) is 11.6 Å². The Bertz CT molecular complexity index is 2200. The molecule has 49 heavy (non-hydrogen) atoms. The summed E-state index contributed by atoms with van der Waals surface area (Å²) >= 11 is 7.12. The molecule has 1 spiro atoms. The van der Waals surface area contributed by atoms with Crippen LogP contribution in [0.25, 0.3) is 33.4 Å². The molecule has 4 unspecified atom stereocenters. The third-order valence-electron chi connectivity index (χ3n) is 11.6. The third kappa shape index (κ3) is 4.90. The van der Waals surface area contributed by atoms with E-state index < -0.39 is 0 Å². The summed E-state index contributed by atoms with van der Waals surface area (Å²) in [5.74, 6) is 1.91. The molecule has 0 radical (unpaired) electrons. The molecule has 0 saturated heterocycles. The summed E-state index contributed by atoms with van der Waals surface area (Å²) in [4.78, 5) is 2.46. The molecule has 240 valence electrons. The molecule has 0 N–H and O–H groups in total. The molecule has 1 fully saturated rings. The third-order valence-corrected chi connectivity index (χ3v) is 11.9. The van der Waals surface area contributed by atoms with Crippen molar-refractivity contribution in [3.05, 3.63) is 173 Å². The van der Waals surface area contributed by atoms with Crippen molar-refractivity contribution >= 4 is 28.7 Å². The Morgan fingerprint density at radius 3 is 2.04 bits per heavy atom. The number of halogens is 1. The number of fused-ring (bicyclic) bond motifs is 8. The van der Waals surface area contributed by atoms with E-state index in [0.29, 0.717) is 17.8 Å². The highest BCUT2D eigenvalue weighted by Crippen LogP contribution is 2.63. The minimum atomic E-state index is -0.192. The Morgan fingerprint density at radius 1 is 0.592 bits per heavy atom. The van der Waals surface area contributed by atoms with Gasteiger partial charge in [-0.1, -0.05) is 139 Å². The van der Waals surface area contributed by atoms with E-state index in [9.17, 15) is 0 Å². The predicted molar refractivity (Wildman–Crippen MR) is 207 cm³/mol. The normalized spacial score (nSPS) is 21.9. The predicted octanol–water partition coefficient (Wildman–Crippen LogP) is 13.4. The summed E-state index contributed by atoms with van der Waals surface area (Å²) in [6.45, 7) is 4.83. The second-order valence-corrected chi connectivity index (χ2v) is 14.9. The van der Waals surface area contributed by atoms with Crippen LogP contribution in [0.4, 0.5) is 17.1 Å². The second-order valence-electron chi connectivity index (χ2n) is 14.5. The Balaban J connectivity index is 1.27. The van der Waals surface area contributed by atoms with Gasteiger partial charge >= 0.3 is 0 Å². The van der Waals surface area contributed by atoms with Gasteiger partial charge in [-0.05, 0) is 114 Å². The van der Waals surface area contributed by atoms with Gasteiger partial charge in [-0.2, -0.15) is 0 Å². The Morgan fingerprint density at radius 2 is 1.27 bits per heavy atom. The largest absolute Gasteiger partial charge is 0.310 e. The van der Waals surface area contributed by atoms with Gasteiger partial charge in [0.1, 0.15) is 0 Å². The van der Waals surface area contributed by atoms with E-state index in [1.165, 1.54) is 69.3 Å². The fourth-order valence-electron chi connectivity index (χ4n) is 9.45. The van der Waals surface area contributed by atoms with E-state index in [0.717, 1.165) is 22.1 Å². The zero-order valence-electron chi connectivity index (χ0n) is 28.1. The van der Waals surface area contributed by atoms with Crippen molar-refractivity contribution in [2.75, 3.05) is 4.90 Å². The number of para-hydroxylation sites is 1. The lowest BCUT2D eigenvalue weighted by Crippen LogP contribution is -2.42. The maximum absolute atomic E-state index is 7.12. The van der Waals surface area contributed by atoms with Gasteiger partial charge in [-0.15, -0.1) is 0 Å². The van der Waals surface area contributed by atoms with E-state index in [1.54, 1.807) is 0 Å². The number of rotatable bonds is 5. The molecule has 2 bridgehead atoms. The lowest BCUT2D eigenvalue weighted by atomic mass is 9.55. The first-order valence-electron chi connectivity index (χ1n) is 17.7. The van der Waals surface area contributed by atoms with E-state index in [1.807, 2.05) is 0 Å². The van der Waals surface area contributed by atoms with Crippen molar-refractivity contribution in [2.45, 2.75) is 38.5 Å². The monoisotopic (exact) mass is 653 g/mol. The molecule has 3 aliphatic rings. The van der Waals surface area contributed by atoms with E-state index in [2.05, 4.69) is 170 Å². The number of hydrogen-bond donors (Lipinski definition) is 0. The molecule has 9 rings (SSSR count). The van der Waals surface area contributed by atoms with Gasteiger partial charge < -0.3 is 4.90 Å². The molecule has 4 atom stereocenters. The van der Waals surface area contributed by atoms with Gasteiger partial charge in [0, 0.05) is 32.9 Å². The lowest BCUT2D eigenvalue weighted by Gasteiger charge is -2.49. The van der Waals surface area contributed by atoms with Crippen LogP contribution >= 0.6 is 11.6 Å². The number of anilines is 3. The van der Waals surface area contributed by atoms with Gasteiger partial charge in [-0.25, -0.2) is 0 Å². The molecule has 2 heteroatoms. The van der Waals surface area contributed by atoms with Gasteiger partial charge in [0.25, 0.3) is 0 Å². The van der Waals surface area contributed by atoms with Crippen molar-refractivity contribution in [2.24, 2.45) is 17.8 Å². The maximum atomic E-state index is 7.12. The van der Waals surface area contributed by atoms with Gasteiger partial charge in [0.05, 0.1) is 5.69 Å². The van der Waals surface area contributed by atoms with Crippen LogP contribution in [0.2, 0.25) is 5.02 Å². The summed E-state index contributed by atoms with van der Waals surface area (Å²) in [7, 11) is 0. The minimum absolute atomic E-state index is 0.192. The first kappa shape index (κ1) is 30.2. The summed E-state index contributed by atoms with van der Waals surface area (Å²) in [5.41, 5.74) is 14.9. The van der Waals surface area contributed by atoms with Gasteiger partial charge in [0.2, 0.25) is 0 Å².